The molecule has 0 saturated carbocycles. The van der Waals surface area contributed by atoms with Crippen LogP contribution in [0.25, 0.3) is 6.08 Å². The quantitative estimate of drug-likeness (QED) is 0.908. The molecule has 1 atom stereocenters. The zero-order chi connectivity index (χ0) is 18.0. The fourth-order valence-electron chi connectivity index (χ4n) is 4.02. The maximum absolute atomic E-state index is 12.9. The van der Waals surface area contributed by atoms with Gasteiger partial charge in [-0.1, -0.05) is 24.3 Å². The first kappa shape index (κ1) is 17.6. The van der Waals surface area contributed by atoms with Gasteiger partial charge in [0.25, 0.3) is 0 Å². The van der Waals surface area contributed by atoms with Gasteiger partial charge >= 0.3 is 5.97 Å². The summed E-state index contributed by atoms with van der Waals surface area (Å²) in [6.07, 6.45) is 5.45. The number of hydrogen-bond acceptors (Lipinski definition) is 3. The molecule has 25 heavy (non-hydrogen) atoms. The van der Waals surface area contributed by atoms with E-state index in [0.29, 0.717) is 12.8 Å². The molecule has 0 bridgehead atoms. The van der Waals surface area contributed by atoms with Crippen LogP contribution >= 0.6 is 0 Å². The Bertz CT molecular complexity index is 678. The van der Waals surface area contributed by atoms with E-state index in [1.54, 1.807) is 24.1 Å². The normalized spacial score (nSPS) is 23.7. The predicted octanol–water partition coefficient (Wildman–Crippen LogP) is 2.24. The third-order valence-electron chi connectivity index (χ3n) is 5.63. The van der Waals surface area contributed by atoms with Crippen molar-refractivity contribution in [3.63, 3.8) is 0 Å². The van der Waals surface area contributed by atoms with E-state index in [1.807, 2.05) is 12.2 Å². The Labute approximate surface area is 146 Å². The molecule has 0 aromatic heterocycles. The van der Waals surface area contributed by atoms with Crippen LogP contribution < -0.4 is 0 Å². The second-order valence-electron chi connectivity index (χ2n) is 6.91. The van der Waals surface area contributed by atoms with E-state index in [9.17, 15) is 19.1 Å². The summed E-state index contributed by atoms with van der Waals surface area (Å²) in [5, 5.41) is 9.49. The van der Waals surface area contributed by atoms with E-state index in [2.05, 4.69) is 4.90 Å². The number of hydrogen-bond donors (Lipinski definition) is 1. The summed E-state index contributed by atoms with van der Waals surface area (Å²) in [5.41, 5.74) is 0.405. The van der Waals surface area contributed by atoms with E-state index in [4.69, 9.17) is 0 Å². The topological polar surface area (TPSA) is 60.9 Å². The highest BCUT2D eigenvalue weighted by Gasteiger charge is 2.55. The van der Waals surface area contributed by atoms with E-state index >= 15 is 0 Å². The first-order valence-electron chi connectivity index (χ1n) is 8.56. The van der Waals surface area contributed by atoms with Crippen LogP contribution in [0.5, 0.6) is 0 Å². The predicted molar refractivity (Wildman–Crippen MR) is 92.4 cm³/mol. The maximum atomic E-state index is 12.9. The molecule has 134 valence electrons. The van der Waals surface area contributed by atoms with E-state index < -0.39 is 17.4 Å². The number of halogens is 1. The second-order valence-corrected chi connectivity index (χ2v) is 6.91. The van der Waals surface area contributed by atoms with Crippen LogP contribution in [0.1, 0.15) is 24.8 Å². The number of amides is 1. The van der Waals surface area contributed by atoms with Gasteiger partial charge in [-0.3, -0.25) is 14.5 Å². The minimum absolute atomic E-state index is 0.0722. The summed E-state index contributed by atoms with van der Waals surface area (Å²) in [6.45, 7) is 2.27. The van der Waals surface area contributed by atoms with Crippen molar-refractivity contribution in [2.45, 2.75) is 24.8 Å². The van der Waals surface area contributed by atoms with Crippen molar-refractivity contribution in [1.29, 1.82) is 0 Å². The molecule has 1 aromatic carbocycles. The molecule has 1 amide bonds. The lowest BCUT2D eigenvalue weighted by Crippen LogP contribution is -2.56. The van der Waals surface area contributed by atoms with Gasteiger partial charge in [0.05, 0.1) is 11.5 Å². The Morgan fingerprint density at radius 3 is 2.56 bits per heavy atom. The molecule has 2 saturated heterocycles. The molecular formula is C19H23FN2O3. The summed E-state index contributed by atoms with van der Waals surface area (Å²) < 4.78 is 12.9. The average molecular weight is 346 g/mol. The average Bonchev–Trinajstić information content (AvgIpc) is 2.84. The van der Waals surface area contributed by atoms with E-state index in [1.165, 1.54) is 12.1 Å². The van der Waals surface area contributed by atoms with Crippen molar-refractivity contribution in [2.75, 3.05) is 26.7 Å². The molecule has 0 radical (unpaired) electrons. The first-order valence-corrected chi connectivity index (χ1v) is 8.56. The zero-order valence-corrected chi connectivity index (χ0v) is 14.3. The van der Waals surface area contributed by atoms with E-state index in [0.717, 1.165) is 25.2 Å². The van der Waals surface area contributed by atoms with Crippen molar-refractivity contribution in [1.82, 2.24) is 9.80 Å². The molecule has 6 heteroatoms. The molecule has 2 aliphatic rings. The second kappa shape index (κ2) is 6.96. The lowest BCUT2D eigenvalue weighted by molar-refractivity contribution is -0.146. The Morgan fingerprint density at radius 2 is 1.96 bits per heavy atom. The number of carbonyl (C=O) groups excluding carboxylic acids is 1. The van der Waals surface area contributed by atoms with Gasteiger partial charge < -0.3 is 10.0 Å². The summed E-state index contributed by atoms with van der Waals surface area (Å²) >= 11 is 0. The van der Waals surface area contributed by atoms with Crippen molar-refractivity contribution >= 4 is 18.0 Å². The molecule has 0 aliphatic carbocycles. The van der Waals surface area contributed by atoms with Gasteiger partial charge in [-0.25, -0.2) is 4.39 Å². The SMILES string of the molecule is CN1C(=O)C[C@H](C(=O)O)C12CCN(C/C=C/c1ccc(F)cc1)CC2. The van der Waals surface area contributed by atoms with Gasteiger partial charge in [0, 0.05) is 33.1 Å². The Kier molecular flexibility index (Phi) is 4.90. The summed E-state index contributed by atoms with van der Waals surface area (Å²) in [5.74, 6) is -1.80. The first-order chi connectivity index (χ1) is 11.9. The number of carboxylic acids is 1. The van der Waals surface area contributed by atoms with Gasteiger partial charge in [-0.15, -0.1) is 0 Å². The van der Waals surface area contributed by atoms with Gasteiger partial charge in [0.15, 0.2) is 0 Å². The number of carbonyl (C=O) groups is 2. The number of likely N-dealkylation sites (tertiary alicyclic amines) is 2. The van der Waals surface area contributed by atoms with Crippen LogP contribution in [-0.2, 0) is 9.59 Å². The van der Waals surface area contributed by atoms with Gasteiger partial charge in [0.1, 0.15) is 5.82 Å². The lowest BCUT2D eigenvalue weighted by atomic mass is 9.77. The number of piperidine rings is 1. The molecule has 1 aromatic rings. The molecule has 2 heterocycles. The summed E-state index contributed by atoms with van der Waals surface area (Å²) in [7, 11) is 1.73. The van der Waals surface area contributed by atoms with Crippen LogP contribution in [-0.4, -0.2) is 59.0 Å². The minimum atomic E-state index is -0.873. The Morgan fingerprint density at radius 1 is 1.32 bits per heavy atom. The molecule has 3 rings (SSSR count). The molecule has 2 aliphatic heterocycles. The Hall–Kier alpha value is -2.21. The van der Waals surface area contributed by atoms with Gasteiger partial charge in [0.2, 0.25) is 5.91 Å². The Balaban J connectivity index is 1.59. The number of benzene rings is 1. The van der Waals surface area contributed by atoms with Crippen molar-refractivity contribution in [3.05, 3.63) is 41.7 Å². The summed E-state index contributed by atoms with van der Waals surface area (Å²) in [4.78, 5) is 27.5. The van der Waals surface area contributed by atoms with Crippen LogP contribution in [0.15, 0.2) is 30.3 Å². The molecule has 0 unspecified atom stereocenters. The fourth-order valence-corrected chi connectivity index (χ4v) is 4.02. The number of carboxylic acid groups (broad SMARTS) is 1. The molecular weight excluding hydrogens is 323 g/mol. The van der Waals surface area contributed by atoms with Crippen LogP contribution in [0, 0.1) is 11.7 Å². The highest BCUT2D eigenvalue weighted by atomic mass is 19.1. The zero-order valence-electron chi connectivity index (χ0n) is 14.3. The monoisotopic (exact) mass is 346 g/mol. The molecule has 1 N–H and O–H groups in total. The highest BCUT2D eigenvalue weighted by molar-refractivity contribution is 5.88. The number of rotatable bonds is 4. The van der Waals surface area contributed by atoms with Crippen LogP contribution in [0.2, 0.25) is 0 Å². The van der Waals surface area contributed by atoms with Gasteiger partial charge in [-0.2, -0.15) is 0 Å². The van der Waals surface area contributed by atoms with Crippen LogP contribution in [0.4, 0.5) is 4.39 Å². The van der Waals surface area contributed by atoms with Crippen LogP contribution in [0.3, 0.4) is 0 Å². The third-order valence-corrected chi connectivity index (χ3v) is 5.63. The lowest BCUT2D eigenvalue weighted by Gasteiger charge is -2.45. The smallest absolute Gasteiger partial charge is 0.309 e. The number of nitrogens with zero attached hydrogens (tertiary/aromatic N) is 2. The largest absolute Gasteiger partial charge is 0.481 e. The van der Waals surface area contributed by atoms with Crippen molar-refractivity contribution in [2.24, 2.45) is 5.92 Å². The maximum Gasteiger partial charge on any atom is 0.309 e. The third kappa shape index (κ3) is 3.44. The molecule has 2 fully saturated rings. The van der Waals surface area contributed by atoms with Crippen molar-refractivity contribution in [3.8, 4) is 0 Å². The van der Waals surface area contributed by atoms with Crippen molar-refractivity contribution < 1.29 is 19.1 Å². The standard InChI is InChI=1S/C19H23FN2O3/c1-21-17(23)13-16(18(24)25)19(21)8-11-22(12-9-19)10-2-3-14-4-6-15(20)7-5-14/h2-7,16H,8-13H2,1H3,(H,24,25)/b3-2+/t16-/m1/s1. The minimum Gasteiger partial charge on any atom is -0.481 e. The molecule has 1 spiro atoms. The van der Waals surface area contributed by atoms with Gasteiger partial charge in [-0.05, 0) is 30.5 Å². The molecule has 5 nitrogen and oxygen atoms in total. The fraction of sp³-hybridized carbons (Fsp3) is 0.474. The number of aliphatic carboxylic acids is 1. The highest BCUT2D eigenvalue weighted by Crippen LogP contribution is 2.42. The summed E-state index contributed by atoms with van der Waals surface area (Å²) in [6, 6.07) is 6.33. The van der Waals surface area contributed by atoms with E-state index in [-0.39, 0.29) is 18.1 Å².